The van der Waals surface area contributed by atoms with E-state index in [1.807, 2.05) is 42.9 Å². The number of halogens is 1. The van der Waals surface area contributed by atoms with E-state index in [1.54, 1.807) is 17.9 Å². The molecule has 4 heterocycles. The molecule has 0 radical (unpaired) electrons. The summed E-state index contributed by atoms with van der Waals surface area (Å²) in [6.45, 7) is 4.86. The van der Waals surface area contributed by atoms with Gasteiger partial charge in [0.15, 0.2) is 10.8 Å². The Labute approximate surface area is 189 Å². The van der Waals surface area contributed by atoms with Crippen LogP contribution in [-0.4, -0.2) is 36.0 Å². The van der Waals surface area contributed by atoms with Gasteiger partial charge in [0.05, 0.1) is 18.2 Å². The van der Waals surface area contributed by atoms with Gasteiger partial charge >= 0.3 is 5.69 Å². The number of hydrogen-bond donors (Lipinski definition) is 2. The zero-order valence-corrected chi connectivity index (χ0v) is 18.9. The maximum Gasteiger partial charge on any atom is 0.330 e. The Morgan fingerprint density at radius 1 is 1.19 bits per heavy atom. The SMILES string of the molecule is COc1c(C)c[n+](O)c(Cn2c(=O)n(CCCn3cccc3)c3c(Cl)nc(N)nc32)c1C. The molecule has 11 heteroatoms. The minimum atomic E-state index is -0.312. The van der Waals surface area contributed by atoms with Crippen molar-refractivity contribution in [3.05, 3.63) is 63.2 Å². The topological polar surface area (TPSA) is 117 Å². The van der Waals surface area contributed by atoms with E-state index in [4.69, 9.17) is 22.1 Å². The summed E-state index contributed by atoms with van der Waals surface area (Å²) in [5.41, 5.74) is 8.21. The number of methoxy groups -OCH3 is 1. The van der Waals surface area contributed by atoms with Gasteiger partial charge in [-0.25, -0.2) is 4.79 Å². The third kappa shape index (κ3) is 3.77. The highest BCUT2D eigenvalue weighted by Gasteiger charge is 2.26. The minimum Gasteiger partial charge on any atom is -0.496 e. The molecular weight excluding hydrogens is 434 g/mol. The van der Waals surface area contributed by atoms with Gasteiger partial charge in [-0.05, 0) is 32.4 Å². The van der Waals surface area contributed by atoms with E-state index >= 15 is 0 Å². The lowest BCUT2D eigenvalue weighted by Gasteiger charge is -2.09. The molecule has 0 saturated heterocycles. The Hall–Kier alpha value is -3.53. The van der Waals surface area contributed by atoms with E-state index in [1.165, 1.54) is 4.57 Å². The molecule has 4 aromatic rings. The number of imidazole rings is 1. The van der Waals surface area contributed by atoms with Gasteiger partial charge in [0.2, 0.25) is 12.1 Å². The lowest BCUT2D eigenvalue weighted by atomic mass is 10.1. The van der Waals surface area contributed by atoms with Gasteiger partial charge in [0.25, 0.3) is 5.69 Å². The van der Waals surface area contributed by atoms with Crippen molar-refractivity contribution in [1.82, 2.24) is 23.7 Å². The average molecular weight is 459 g/mol. The van der Waals surface area contributed by atoms with Crippen LogP contribution < -0.4 is 20.9 Å². The van der Waals surface area contributed by atoms with Gasteiger partial charge in [0.1, 0.15) is 17.8 Å². The Morgan fingerprint density at radius 3 is 2.59 bits per heavy atom. The number of pyridine rings is 1. The quantitative estimate of drug-likeness (QED) is 0.248. The first-order valence-electron chi connectivity index (χ1n) is 10.1. The molecule has 0 fully saturated rings. The van der Waals surface area contributed by atoms with Crippen LogP contribution in [0.2, 0.25) is 5.15 Å². The second-order valence-corrected chi connectivity index (χ2v) is 7.96. The molecule has 0 unspecified atom stereocenters. The Kier molecular flexibility index (Phi) is 5.79. The molecule has 0 bridgehead atoms. The molecule has 3 N–H and O–H groups in total. The van der Waals surface area contributed by atoms with E-state index < -0.39 is 0 Å². The zero-order valence-electron chi connectivity index (χ0n) is 18.1. The van der Waals surface area contributed by atoms with Crippen molar-refractivity contribution in [2.24, 2.45) is 0 Å². The fourth-order valence-corrected chi connectivity index (χ4v) is 4.31. The maximum atomic E-state index is 13.4. The summed E-state index contributed by atoms with van der Waals surface area (Å²) in [6.07, 6.45) is 6.18. The molecule has 0 saturated carbocycles. The van der Waals surface area contributed by atoms with E-state index in [9.17, 15) is 10.0 Å². The number of aromatic nitrogens is 6. The summed E-state index contributed by atoms with van der Waals surface area (Å²) in [5, 5.41) is 10.6. The van der Waals surface area contributed by atoms with Crippen molar-refractivity contribution in [3.8, 4) is 5.75 Å². The number of anilines is 1. The number of hydrogen-bond acceptors (Lipinski definition) is 6. The Morgan fingerprint density at radius 2 is 1.91 bits per heavy atom. The maximum absolute atomic E-state index is 13.4. The first-order chi connectivity index (χ1) is 15.3. The number of nitrogens with zero attached hydrogens (tertiary/aromatic N) is 6. The highest BCUT2D eigenvalue weighted by Crippen LogP contribution is 2.25. The molecule has 168 valence electrons. The van der Waals surface area contributed by atoms with Crippen molar-refractivity contribution in [2.75, 3.05) is 12.8 Å². The third-order valence-corrected chi connectivity index (χ3v) is 5.79. The number of nitrogen functional groups attached to an aromatic ring is 1. The summed E-state index contributed by atoms with van der Waals surface area (Å²) in [5.74, 6) is 0.608. The number of rotatable bonds is 7. The lowest BCUT2D eigenvalue weighted by molar-refractivity contribution is -0.910. The second-order valence-electron chi connectivity index (χ2n) is 7.60. The Bertz CT molecular complexity index is 1340. The summed E-state index contributed by atoms with van der Waals surface area (Å²) in [6, 6.07) is 3.90. The van der Waals surface area contributed by atoms with Crippen molar-refractivity contribution in [2.45, 2.75) is 39.9 Å². The highest BCUT2D eigenvalue weighted by molar-refractivity contribution is 6.33. The predicted molar refractivity (Wildman–Crippen MR) is 119 cm³/mol. The number of ether oxygens (including phenoxy) is 1. The van der Waals surface area contributed by atoms with Crippen LogP contribution in [0.1, 0.15) is 23.2 Å². The molecule has 0 amide bonds. The Balaban J connectivity index is 1.80. The van der Waals surface area contributed by atoms with Gasteiger partial charge in [-0.15, -0.1) is 0 Å². The second kappa shape index (κ2) is 8.54. The van der Waals surface area contributed by atoms with Gasteiger partial charge < -0.3 is 15.0 Å². The van der Waals surface area contributed by atoms with Gasteiger partial charge in [-0.1, -0.05) is 11.6 Å². The minimum absolute atomic E-state index is 0.0316. The third-order valence-electron chi connectivity index (χ3n) is 5.53. The van der Waals surface area contributed by atoms with Crippen LogP contribution in [-0.2, 0) is 19.6 Å². The van der Waals surface area contributed by atoms with Crippen molar-refractivity contribution in [3.63, 3.8) is 0 Å². The van der Waals surface area contributed by atoms with Crippen LogP contribution in [0.4, 0.5) is 5.95 Å². The number of aryl methyl sites for hydroxylation is 3. The normalized spacial score (nSPS) is 11.4. The monoisotopic (exact) mass is 458 g/mol. The van der Waals surface area contributed by atoms with Crippen LogP contribution >= 0.6 is 11.6 Å². The van der Waals surface area contributed by atoms with Gasteiger partial charge in [0, 0.05) is 30.2 Å². The first kappa shape index (κ1) is 21.7. The van der Waals surface area contributed by atoms with E-state index in [0.29, 0.717) is 41.1 Å². The van der Waals surface area contributed by atoms with Crippen LogP contribution in [0, 0.1) is 13.8 Å². The fraction of sp³-hybridized carbons (Fsp3) is 0.333. The summed E-state index contributed by atoms with van der Waals surface area (Å²) < 4.78 is 11.5. The predicted octanol–water partition coefficient (Wildman–Crippen LogP) is 1.92. The molecule has 0 aliphatic carbocycles. The lowest BCUT2D eigenvalue weighted by Crippen LogP contribution is -2.39. The molecule has 10 nitrogen and oxygen atoms in total. The van der Waals surface area contributed by atoms with Crippen molar-refractivity contribution < 1.29 is 14.7 Å². The number of fused-ring (bicyclic) bond motifs is 1. The fourth-order valence-electron chi connectivity index (χ4n) is 4.04. The smallest absolute Gasteiger partial charge is 0.330 e. The van der Waals surface area contributed by atoms with E-state index in [2.05, 4.69) is 9.97 Å². The molecule has 0 aromatic carbocycles. The first-order valence-corrected chi connectivity index (χ1v) is 10.5. The van der Waals surface area contributed by atoms with Crippen molar-refractivity contribution >= 4 is 28.7 Å². The zero-order chi connectivity index (χ0) is 23.0. The molecule has 32 heavy (non-hydrogen) atoms. The largest absolute Gasteiger partial charge is 0.496 e. The van der Waals surface area contributed by atoms with Gasteiger partial charge in [-0.2, -0.15) is 9.97 Å². The van der Waals surface area contributed by atoms with Crippen LogP contribution in [0.15, 0.2) is 35.5 Å². The average Bonchev–Trinajstić information content (AvgIpc) is 3.33. The molecule has 0 atom stereocenters. The summed E-state index contributed by atoms with van der Waals surface area (Å²) >= 11 is 6.38. The summed E-state index contributed by atoms with van der Waals surface area (Å²) in [7, 11) is 1.57. The number of nitrogens with two attached hydrogens (primary N) is 1. The molecule has 4 rings (SSSR count). The van der Waals surface area contributed by atoms with Crippen LogP contribution in [0.3, 0.4) is 0 Å². The molecule has 0 spiro atoms. The van der Waals surface area contributed by atoms with E-state index in [-0.39, 0.29) is 23.3 Å². The van der Waals surface area contributed by atoms with Crippen molar-refractivity contribution in [1.29, 1.82) is 0 Å². The molecular formula is C21H25ClN7O3+. The molecule has 0 aliphatic heterocycles. The standard InChI is InChI=1S/C21H25ClN7O3/c1-13-11-29(31)15(14(2)17(13)32-3)12-28-19-16(18(22)24-20(23)25-19)27(21(28)30)10-6-9-26-7-4-5-8-26/h4-5,7-8,11,31H,6,9-10,12H2,1-3H3,(H2,23,24,25)/q+1. The summed E-state index contributed by atoms with van der Waals surface area (Å²) in [4.78, 5) is 21.7. The van der Waals surface area contributed by atoms with Gasteiger partial charge in [-0.3, -0.25) is 14.3 Å². The van der Waals surface area contributed by atoms with Crippen LogP contribution in [0.25, 0.3) is 11.2 Å². The molecule has 4 aromatic heterocycles. The van der Waals surface area contributed by atoms with E-state index in [0.717, 1.165) is 16.8 Å². The van der Waals surface area contributed by atoms with Crippen LogP contribution in [0.5, 0.6) is 5.75 Å². The molecule has 0 aliphatic rings. The highest BCUT2D eigenvalue weighted by atomic mass is 35.5.